The molecule has 5 unspecified atom stereocenters. The highest BCUT2D eigenvalue weighted by molar-refractivity contribution is 7.47. The highest BCUT2D eigenvalue weighted by Gasteiger charge is 2.28. The van der Waals surface area contributed by atoms with Crippen LogP contribution in [0.4, 0.5) is 0 Å². The maximum absolute atomic E-state index is 12.2. The number of aliphatic hydroxyl groups is 3. The van der Waals surface area contributed by atoms with E-state index in [-0.39, 0.29) is 12.8 Å². The Morgan fingerprint density at radius 3 is 1.04 bits per heavy atom. The number of esters is 2. The third-order valence-corrected chi connectivity index (χ3v) is 12.4. The molecule has 0 fully saturated rings. The lowest BCUT2D eigenvalue weighted by atomic mass is 10.0. The van der Waals surface area contributed by atoms with Crippen LogP contribution in [-0.4, -0.2) is 95.0 Å². The van der Waals surface area contributed by atoms with E-state index in [1.165, 1.54) is 96.3 Å². The van der Waals surface area contributed by atoms with Gasteiger partial charge in [-0.15, -0.1) is 0 Å². The number of unbranched alkanes of at least 4 members (excludes halogenated alkanes) is 20. The van der Waals surface area contributed by atoms with Gasteiger partial charge in [-0.2, -0.15) is 0 Å². The molecule has 70 heavy (non-hydrogen) atoms. The first-order valence-corrected chi connectivity index (χ1v) is 29.0. The van der Waals surface area contributed by atoms with Crippen LogP contribution >= 0.6 is 15.6 Å². The average molecular weight is 1030 g/mol. The van der Waals surface area contributed by atoms with Gasteiger partial charge < -0.3 is 34.6 Å². The van der Waals surface area contributed by atoms with Crippen LogP contribution in [-0.2, 0) is 46.3 Å². The molecule has 0 saturated carbocycles. The standard InChI is InChI=1S/C53H92O15P2/c1-3-5-7-9-11-13-15-17-19-21-22-23-24-26-28-30-32-34-36-38-40-42-53(58)64-44-50(55)46-66-70(61,62)68-48-51(56)47-67-69(59,60)65-45-49(54)43-63-52(57)41-39-37-35-33-31-29-27-25-20-18-16-14-12-10-8-6-4-2/h6,8,10,12,14,16-20,25,27,29,31,49-51,54-56H,3-5,7,9,11,13,15,21-24,26,28,30,32-48H2,1-2H3,(H,59,60)(H,61,62)/b8-6-,12-10+,16-14+,19-17+,20-18-,27-25+,31-29+. The number of carbonyl (C=O) groups excluding carboxylic acids is 2. The average Bonchev–Trinajstić information content (AvgIpc) is 3.34. The molecule has 0 bridgehead atoms. The monoisotopic (exact) mass is 1030 g/mol. The van der Waals surface area contributed by atoms with Crippen molar-refractivity contribution < 1.29 is 71.4 Å². The summed E-state index contributed by atoms with van der Waals surface area (Å²) in [7, 11) is -9.60. The molecule has 0 rings (SSSR count). The van der Waals surface area contributed by atoms with Gasteiger partial charge in [-0.05, 0) is 57.8 Å². The molecule has 0 aromatic carbocycles. The first-order chi connectivity index (χ1) is 33.8. The minimum atomic E-state index is -4.80. The number of hydrogen-bond acceptors (Lipinski definition) is 13. The van der Waals surface area contributed by atoms with Crippen molar-refractivity contribution in [3.05, 3.63) is 85.1 Å². The van der Waals surface area contributed by atoms with E-state index in [0.29, 0.717) is 12.8 Å². The van der Waals surface area contributed by atoms with E-state index in [4.69, 9.17) is 14.0 Å². The molecule has 404 valence electrons. The van der Waals surface area contributed by atoms with Gasteiger partial charge in [0.15, 0.2) is 0 Å². The Hall–Kier alpha value is -2.78. The normalized spacial score (nSPS) is 15.6. The molecule has 5 N–H and O–H groups in total. The predicted molar refractivity (Wildman–Crippen MR) is 279 cm³/mol. The van der Waals surface area contributed by atoms with Gasteiger partial charge in [0.1, 0.15) is 31.5 Å². The summed E-state index contributed by atoms with van der Waals surface area (Å²) in [6, 6.07) is 0. The van der Waals surface area contributed by atoms with Crippen molar-refractivity contribution in [2.24, 2.45) is 0 Å². The Kier molecular flexibility index (Phi) is 46.6. The zero-order valence-corrected chi connectivity index (χ0v) is 44.4. The van der Waals surface area contributed by atoms with Gasteiger partial charge >= 0.3 is 27.6 Å². The van der Waals surface area contributed by atoms with Crippen molar-refractivity contribution in [3.8, 4) is 0 Å². The summed E-state index contributed by atoms with van der Waals surface area (Å²) in [6.07, 6.45) is 51.4. The van der Waals surface area contributed by atoms with Crippen LogP contribution in [0.1, 0.15) is 181 Å². The molecule has 0 spiro atoms. The molecule has 0 aromatic rings. The highest BCUT2D eigenvalue weighted by Crippen LogP contribution is 2.45. The molecule has 0 saturated heterocycles. The SMILES string of the molecule is CC\C=C/C=C/C=C/C=C\C=C\C=C\CCCCCC(=O)OCC(O)COP(=O)(O)OCC(O)COP(=O)(O)OCC(O)COC(=O)CCCCCCCCCCCCC/C=C/CCCCCCCC. The largest absolute Gasteiger partial charge is 0.472 e. The van der Waals surface area contributed by atoms with Crippen molar-refractivity contribution >= 4 is 27.6 Å². The molecule has 0 heterocycles. The Balaban J connectivity index is 3.90. The Bertz CT molecular complexity index is 1570. The second-order valence-corrected chi connectivity index (χ2v) is 20.2. The Morgan fingerprint density at radius 2 is 0.671 bits per heavy atom. The smallest absolute Gasteiger partial charge is 0.463 e. The van der Waals surface area contributed by atoms with Crippen molar-refractivity contribution in [1.29, 1.82) is 0 Å². The minimum Gasteiger partial charge on any atom is -0.463 e. The van der Waals surface area contributed by atoms with Crippen LogP contribution in [0, 0.1) is 0 Å². The Labute approximate surface area is 421 Å². The number of carbonyl (C=O) groups is 2. The number of hydrogen-bond donors (Lipinski definition) is 5. The zero-order valence-electron chi connectivity index (χ0n) is 42.7. The molecule has 17 heteroatoms. The lowest BCUT2D eigenvalue weighted by molar-refractivity contribution is -0.148. The van der Waals surface area contributed by atoms with E-state index < -0.39 is 85.5 Å². The first-order valence-electron chi connectivity index (χ1n) is 26.0. The van der Waals surface area contributed by atoms with Crippen molar-refractivity contribution in [3.63, 3.8) is 0 Å². The first kappa shape index (κ1) is 67.2. The van der Waals surface area contributed by atoms with Gasteiger partial charge in [-0.3, -0.25) is 27.7 Å². The summed E-state index contributed by atoms with van der Waals surface area (Å²) < 4.78 is 53.1. The number of phosphoric ester groups is 2. The molecular weight excluding hydrogens is 939 g/mol. The van der Waals surface area contributed by atoms with Crippen LogP contribution in [0.2, 0.25) is 0 Å². The summed E-state index contributed by atoms with van der Waals surface area (Å²) in [6.45, 7) is 0.218. The van der Waals surface area contributed by atoms with Gasteiger partial charge in [-0.1, -0.05) is 195 Å². The number of rotatable bonds is 49. The second-order valence-electron chi connectivity index (χ2n) is 17.3. The molecule has 0 aliphatic carbocycles. The van der Waals surface area contributed by atoms with Gasteiger partial charge in [0.25, 0.3) is 0 Å². The summed E-state index contributed by atoms with van der Waals surface area (Å²) >= 11 is 0. The number of ether oxygens (including phenoxy) is 2. The van der Waals surface area contributed by atoms with Gasteiger partial charge in [-0.25, -0.2) is 9.13 Å². The van der Waals surface area contributed by atoms with Gasteiger partial charge in [0.05, 0.1) is 26.4 Å². The van der Waals surface area contributed by atoms with Gasteiger partial charge in [0, 0.05) is 12.8 Å². The third kappa shape index (κ3) is 50.2. The van der Waals surface area contributed by atoms with Crippen molar-refractivity contribution in [2.75, 3.05) is 39.6 Å². The van der Waals surface area contributed by atoms with Crippen LogP contribution in [0.5, 0.6) is 0 Å². The molecule has 0 aliphatic heterocycles. The summed E-state index contributed by atoms with van der Waals surface area (Å²) in [4.78, 5) is 43.8. The fraction of sp³-hybridized carbons (Fsp3) is 0.698. The van der Waals surface area contributed by atoms with E-state index in [2.05, 4.69) is 45.6 Å². The maximum Gasteiger partial charge on any atom is 0.472 e. The predicted octanol–water partition coefficient (Wildman–Crippen LogP) is 12.5. The number of allylic oxidation sites excluding steroid dienone is 14. The van der Waals surface area contributed by atoms with E-state index in [1.54, 1.807) is 0 Å². The summed E-state index contributed by atoms with van der Waals surface area (Å²) in [5.41, 5.74) is 0. The third-order valence-electron chi connectivity index (χ3n) is 10.5. The van der Waals surface area contributed by atoms with E-state index in [0.717, 1.165) is 44.9 Å². The molecule has 0 aromatic heterocycles. The summed E-state index contributed by atoms with van der Waals surface area (Å²) in [5, 5.41) is 30.1. The minimum absolute atomic E-state index is 0.141. The fourth-order valence-corrected chi connectivity index (χ4v) is 8.06. The van der Waals surface area contributed by atoms with Crippen molar-refractivity contribution in [1.82, 2.24) is 0 Å². The molecule has 0 amide bonds. The number of aliphatic hydroxyl groups excluding tert-OH is 3. The van der Waals surface area contributed by atoms with Crippen LogP contribution in [0.3, 0.4) is 0 Å². The maximum atomic E-state index is 12.2. The molecule has 0 aliphatic rings. The van der Waals surface area contributed by atoms with Crippen molar-refractivity contribution in [2.45, 2.75) is 199 Å². The lowest BCUT2D eigenvalue weighted by Gasteiger charge is -2.19. The van der Waals surface area contributed by atoms with E-state index >= 15 is 0 Å². The highest BCUT2D eigenvalue weighted by atomic mass is 31.2. The molecular formula is C53H92O15P2. The molecule has 0 radical (unpaired) electrons. The van der Waals surface area contributed by atoms with Crippen LogP contribution in [0.25, 0.3) is 0 Å². The van der Waals surface area contributed by atoms with E-state index in [9.17, 15) is 43.8 Å². The lowest BCUT2D eigenvalue weighted by Crippen LogP contribution is -2.25. The zero-order chi connectivity index (χ0) is 51.7. The molecule has 15 nitrogen and oxygen atoms in total. The number of phosphoric acid groups is 2. The van der Waals surface area contributed by atoms with E-state index in [1.807, 2.05) is 66.8 Å². The fourth-order valence-electron chi connectivity index (χ4n) is 6.47. The summed E-state index contributed by atoms with van der Waals surface area (Å²) in [5.74, 6) is -1.04. The second kappa shape index (κ2) is 48.5. The van der Waals surface area contributed by atoms with Crippen LogP contribution < -0.4 is 0 Å². The Morgan fingerprint density at radius 1 is 0.386 bits per heavy atom. The molecule has 5 atom stereocenters. The topological polar surface area (TPSA) is 225 Å². The van der Waals surface area contributed by atoms with Gasteiger partial charge in [0.2, 0.25) is 0 Å². The van der Waals surface area contributed by atoms with Crippen LogP contribution in [0.15, 0.2) is 85.1 Å². The quantitative estimate of drug-likeness (QED) is 0.0126.